The highest BCUT2D eigenvalue weighted by Crippen LogP contribution is 2.27. The van der Waals surface area contributed by atoms with E-state index < -0.39 is 11.2 Å². The molecule has 1 atom stereocenters. The Morgan fingerprint density at radius 1 is 0.970 bits per heavy atom. The first-order valence-corrected chi connectivity index (χ1v) is 11.2. The number of thioether (sulfide) groups is 1. The van der Waals surface area contributed by atoms with E-state index in [1.54, 1.807) is 37.3 Å². The number of nitrogens with one attached hydrogen (secondary N) is 2. The Balaban J connectivity index is 1.55. The third kappa shape index (κ3) is 7.27. The predicted octanol–water partition coefficient (Wildman–Crippen LogP) is 5.18. The number of amides is 2. The summed E-state index contributed by atoms with van der Waals surface area (Å²) < 4.78 is 5.44. The molecule has 0 fully saturated rings. The average molecular weight is 485 g/mol. The number of carbonyl (C=O) groups is 3. The van der Waals surface area contributed by atoms with Crippen LogP contribution in [0.15, 0.2) is 77.7 Å². The highest BCUT2D eigenvalue weighted by Gasteiger charge is 2.17. The number of halogens is 1. The zero-order chi connectivity index (χ0) is 23.8. The van der Waals surface area contributed by atoms with Gasteiger partial charge >= 0.3 is 5.97 Å². The summed E-state index contributed by atoms with van der Waals surface area (Å²) >= 11 is 7.16. The molecule has 0 saturated heterocycles. The fourth-order valence-corrected chi connectivity index (χ4v) is 3.90. The number of carboxylic acids is 1. The van der Waals surface area contributed by atoms with Gasteiger partial charge in [0, 0.05) is 16.3 Å². The molecule has 0 aliphatic heterocycles. The van der Waals surface area contributed by atoms with Gasteiger partial charge in [-0.05, 0) is 55.5 Å². The van der Waals surface area contributed by atoms with Gasteiger partial charge in [0.05, 0.1) is 15.8 Å². The van der Waals surface area contributed by atoms with Crippen molar-refractivity contribution in [3.05, 3.63) is 83.4 Å². The molecule has 7 nitrogen and oxygen atoms in total. The molecule has 0 saturated carbocycles. The molecule has 9 heteroatoms. The topological polar surface area (TPSA) is 105 Å². The standard InChI is InChI=1S/C24H21ClN2O5S/c1-15(23(29)27-17-10-11-21(25)20(13-17)24(30)31)33-19-9-5-6-16(12-19)26-22(28)14-32-18-7-3-2-4-8-18/h2-13,15H,14H2,1H3,(H,26,28)(H,27,29)(H,30,31). The Morgan fingerprint density at radius 3 is 2.42 bits per heavy atom. The first-order valence-electron chi connectivity index (χ1n) is 9.90. The zero-order valence-corrected chi connectivity index (χ0v) is 19.2. The van der Waals surface area contributed by atoms with Crippen molar-refractivity contribution in [3.8, 4) is 5.75 Å². The minimum absolute atomic E-state index is 0.0885. The van der Waals surface area contributed by atoms with Crippen LogP contribution >= 0.6 is 23.4 Å². The maximum atomic E-state index is 12.6. The van der Waals surface area contributed by atoms with Crippen LogP contribution in [0.1, 0.15) is 17.3 Å². The Bertz CT molecular complexity index is 1160. The van der Waals surface area contributed by atoms with E-state index in [1.165, 1.54) is 30.0 Å². The summed E-state index contributed by atoms with van der Waals surface area (Å²) in [6.07, 6.45) is 0. The zero-order valence-electron chi connectivity index (χ0n) is 17.6. The fourth-order valence-electron chi connectivity index (χ4n) is 2.78. The van der Waals surface area contributed by atoms with Crippen LogP contribution in [0.3, 0.4) is 0 Å². The van der Waals surface area contributed by atoms with Crippen LogP contribution in [-0.4, -0.2) is 34.7 Å². The van der Waals surface area contributed by atoms with Crippen LogP contribution in [0, 0.1) is 0 Å². The summed E-state index contributed by atoms with van der Waals surface area (Å²) in [7, 11) is 0. The lowest BCUT2D eigenvalue weighted by atomic mass is 10.2. The van der Waals surface area contributed by atoms with Crippen molar-refractivity contribution in [1.82, 2.24) is 0 Å². The Hall–Kier alpha value is -3.49. The summed E-state index contributed by atoms with van der Waals surface area (Å²) in [6.45, 7) is 1.60. The van der Waals surface area contributed by atoms with Gasteiger partial charge in [-0.25, -0.2) is 4.79 Å². The van der Waals surface area contributed by atoms with Gasteiger partial charge in [0.15, 0.2) is 6.61 Å². The van der Waals surface area contributed by atoms with Crippen molar-refractivity contribution in [2.45, 2.75) is 17.1 Å². The smallest absolute Gasteiger partial charge is 0.337 e. The first-order chi connectivity index (χ1) is 15.8. The number of aromatic carboxylic acids is 1. The van der Waals surface area contributed by atoms with Crippen LogP contribution in [0.25, 0.3) is 0 Å². The molecule has 0 radical (unpaired) electrons. The van der Waals surface area contributed by atoms with E-state index in [-0.39, 0.29) is 29.0 Å². The first kappa shape index (κ1) is 24.2. The van der Waals surface area contributed by atoms with Gasteiger partial charge in [0.25, 0.3) is 5.91 Å². The van der Waals surface area contributed by atoms with Gasteiger partial charge < -0.3 is 20.5 Å². The third-order valence-electron chi connectivity index (χ3n) is 4.38. The van der Waals surface area contributed by atoms with E-state index in [0.29, 0.717) is 17.1 Å². The van der Waals surface area contributed by atoms with Gasteiger partial charge in [0.1, 0.15) is 5.75 Å². The summed E-state index contributed by atoms with van der Waals surface area (Å²) in [5.74, 6) is -1.17. The van der Waals surface area contributed by atoms with Crippen molar-refractivity contribution < 1.29 is 24.2 Å². The van der Waals surface area contributed by atoms with Crippen LogP contribution in [0.4, 0.5) is 11.4 Å². The van der Waals surface area contributed by atoms with Crippen molar-refractivity contribution in [3.63, 3.8) is 0 Å². The second-order valence-corrected chi connectivity index (χ2v) is 8.75. The molecule has 170 valence electrons. The van der Waals surface area contributed by atoms with Crippen molar-refractivity contribution >= 4 is 52.5 Å². The molecule has 3 aromatic carbocycles. The summed E-state index contributed by atoms with van der Waals surface area (Å²) in [4.78, 5) is 36.7. The van der Waals surface area contributed by atoms with Gasteiger partial charge in [-0.3, -0.25) is 9.59 Å². The minimum atomic E-state index is -1.17. The number of ether oxygens (including phenoxy) is 1. The van der Waals surface area contributed by atoms with E-state index in [4.69, 9.17) is 21.4 Å². The monoisotopic (exact) mass is 484 g/mol. The van der Waals surface area contributed by atoms with Crippen LogP contribution in [0.5, 0.6) is 5.75 Å². The predicted molar refractivity (Wildman–Crippen MR) is 129 cm³/mol. The molecule has 33 heavy (non-hydrogen) atoms. The van der Waals surface area contributed by atoms with Crippen molar-refractivity contribution in [1.29, 1.82) is 0 Å². The molecule has 3 N–H and O–H groups in total. The summed E-state index contributed by atoms with van der Waals surface area (Å²) in [5.41, 5.74) is 0.834. The van der Waals surface area contributed by atoms with Crippen LogP contribution in [-0.2, 0) is 9.59 Å². The number of rotatable bonds is 9. The molecule has 0 aromatic heterocycles. The number of benzene rings is 3. The quantitative estimate of drug-likeness (QED) is 0.362. The minimum Gasteiger partial charge on any atom is -0.484 e. The maximum absolute atomic E-state index is 12.6. The normalized spacial score (nSPS) is 11.3. The molecule has 0 aliphatic rings. The Morgan fingerprint density at radius 2 is 1.70 bits per heavy atom. The largest absolute Gasteiger partial charge is 0.484 e. The average Bonchev–Trinajstić information content (AvgIpc) is 2.79. The molecule has 3 aromatic rings. The van der Waals surface area contributed by atoms with E-state index in [9.17, 15) is 14.4 Å². The lowest BCUT2D eigenvalue weighted by Crippen LogP contribution is -2.22. The van der Waals surface area contributed by atoms with E-state index in [2.05, 4.69) is 10.6 Å². The second-order valence-electron chi connectivity index (χ2n) is 6.93. The third-order valence-corrected chi connectivity index (χ3v) is 5.80. The molecule has 0 heterocycles. The molecular weight excluding hydrogens is 464 g/mol. The maximum Gasteiger partial charge on any atom is 0.337 e. The molecular formula is C24H21ClN2O5S. The van der Waals surface area contributed by atoms with E-state index >= 15 is 0 Å². The van der Waals surface area contributed by atoms with E-state index in [0.717, 1.165) is 4.90 Å². The highest BCUT2D eigenvalue weighted by atomic mass is 35.5. The number of carboxylic acid groups (broad SMARTS) is 1. The SMILES string of the molecule is CC(Sc1cccc(NC(=O)COc2ccccc2)c1)C(=O)Nc1ccc(Cl)c(C(=O)O)c1. The lowest BCUT2D eigenvalue weighted by Gasteiger charge is -2.14. The van der Waals surface area contributed by atoms with Crippen molar-refractivity contribution in [2.24, 2.45) is 0 Å². The number of hydrogen-bond donors (Lipinski definition) is 3. The summed E-state index contributed by atoms with van der Waals surface area (Å²) in [6, 6.07) is 20.4. The molecule has 0 bridgehead atoms. The van der Waals surface area contributed by atoms with Gasteiger partial charge in [-0.2, -0.15) is 0 Å². The number of para-hydroxylation sites is 1. The number of carbonyl (C=O) groups excluding carboxylic acids is 2. The van der Waals surface area contributed by atoms with Crippen LogP contribution < -0.4 is 15.4 Å². The molecule has 3 rings (SSSR count). The van der Waals surface area contributed by atoms with Gasteiger partial charge in [-0.15, -0.1) is 11.8 Å². The number of anilines is 2. The Kier molecular flexibility index (Phi) is 8.34. The van der Waals surface area contributed by atoms with Gasteiger partial charge in [0.2, 0.25) is 5.91 Å². The molecule has 2 amide bonds. The van der Waals surface area contributed by atoms with Crippen molar-refractivity contribution in [2.75, 3.05) is 17.2 Å². The van der Waals surface area contributed by atoms with Crippen LogP contribution in [0.2, 0.25) is 5.02 Å². The fraction of sp³-hybridized carbons (Fsp3) is 0.125. The van der Waals surface area contributed by atoms with Gasteiger partial charge in [-0.1, -0.05) is 35.9 Å². The molecule has 1 unspecified atom stereocenters. The Labute approximate surface area is 200 Å². The molecule has 0 aliphatic carbocycles. The summed E-state index contributed by atoms with van der Waals surface area (Å²) in [5, 5.41) is 14.2. The van der Waals surface area contributed by atoms with E-state index in [1.807, 2.05) is 24.3 Å². The molecule has 0 spiro atoms. The lowest BCUT2D eigenvalue weighted by molar-refractivity contribution is -0.118. The second kappa shape index (κ2) is 11.4. The highest BCUT2D eigenvalue weighted by molar-refractivity contribution is 8.00. The number of hydrogen-bond acceptors (Lipinski definition) is 5.